The van der Waals surface area contributed by atoms with Crippen LogP contribution in [0.1, 0.15) is 25.5 Å². The largest absolute Gasteiger partial charge is 0.387 e. The third-order valence-electron chi connectivity index (χ3n) is 3.90. The highest BCUT2D eigenvalue weighted by Crippen LogP contribution is 2.39. The Hall–Kier alpha value is -0.540. The summed E-state index contributed by atoms with van der Waals surface area (Å²) in [4.78, 5) is 0. The van der Waals surface area contributed by atoms with E-state index >= 15 is 0 Å². The lowest BCUT2D eigenvalue weighted by molar-refractivity contribution is -0.231. The molecule has 1 aromatic rings. The average molecular weight is 375 g/mol. The number of rotatable bonds is 3. The maximum atomic E-state index is 10.4. The van der Waals surface area contributed by atoms with Gasteiger partial charge in [-0.3, -0.25) is 0 Å². The first-order valence-electron chi connectivity index (χ1n) is 7.09. The second-order valence-corrected chi connectivity index (χ2v) is 6.97. The Balaban J connectivity index is 1.73. The van der Waals surface area contributed by atoms with Crippen LogP contribution in [0.15, 0.2) is 28.7 Å². The number of hydrogen-bond donors (Lipinski definition) is 3. The zero-order chi connectivity index (χ0) is 16.1. The van der Waals surface area contributed by atoms with E-state index in [-0.39, 0.29) is 0 Å². The molecule has 6 atom stereocenters. The summed E-state index contributed by atoms with van der Waals surface area (Å²) >= 11 is 3.31. The van der Waals surface area contributed by atoms with Crippen molar-refractivity contribution in [3.05, 3.63) is 34.3 Å². The molecule has 0 spiro atoms. The molecule has 3 rings (SSSR count). The fourth-order valence-electron chi connectivity index (χ4n) is 2.87. The molecule has 0 aliphatic carbocycles. The summed E-state index contributed by atoms with van der Waals surface area (Å²) in [6, 6.07) is 6.96. The third kappa shape index (κ3) is 2.94. The lowest BCUT2D eigenvalue weighted by atomic mass is 9.97. The van der Waals surface area contributed by atoms with Gasteiger partial charge in [-0.25, -0.2) is 0 Å². The maximum Gasteiger partial charge on any atom is 0.190 e. The van der Waals surface area contributed by atoms with Gasteiger partial charge in [0, 0.05) is 4.47 Å². The summed E-state index contributed by atoms with van der Waals surface area (Å²) in [7, 11) is 0. The van der Waals surface area contributed by atoms with Gasteiger partial charge in [-0.1, -0.05) is 28.1 Å². The van der Waals surface area contributed by atoms with E-state index in [1.807, 2.05) is 6.07 Å². The molecule has 7 heteroatoms. The van der Waals surface area contributed by atoms with Gasteiger partial charge in [0.25, 0.3) is 0 Å². The summed E-state index contributed by atoms with van der Waals surface area (Å²) in [5.41, 5.74) is 0.525. The standard InChI is InChI=1S/C15H19BrO6/c1-15(2)21-13-11(19)12(20-14(13)22-15)10(18)9(17)7-4-3-5-8(16)6-7/h3-6,9-14,17-19H,1-2H3/t9-,10+,11-,12+,13+,14+/m0/s1. The summed E-state index contributed by atoms with van der Waals surface area (Å²) in [5, 5.41) is 31.0. The zero-order valence-electron chi connectivity index (χ0n) is 12.2. The van der Waals surface area contributed by atoms with Crippen molar-refractivity contribution >= 4 is 15.9 Å². The molecule has 122 valence electrons. The molecule has 2 aliphatic heterocycles. The molecule has 0 radical (unpaired) electrons. The molecular weight excluding hydrogens is 356 g/mol. The number of benzene rings is 1. The first kappa shape index (κ1) is 16.3. The number of halogens is 1. The lowest BCUT2D eigenvalue weighted by Crippen LogP contribution is -2.43. The Kier molecular flexibility index (Phi) is 4.32. The van der Waals surface area contributed by atoms with Crippen LogP contribution in [0.5, 0.6) is 0 Å². The Morgan fingerprint density at radius 3 is 2.59 bits per heavy atom. The molecule has 2 fully saturated rings. The Bertz CT molecular complexity index is 551. The van der Waals surface area contributed by atoms with E-state index in [0.717, 1.165) is 4.47 Å². The number of hydrogen-bond acceptors (Lipinski definition) is 6. The topological polar surface area (TPSA) is 88.4 Å². The summed E-state index contributed by atoms with van der Waals surface area (Å²) < 4.78 is 17.4. The van der Waals surface area contributed by atoms with E-state index < -0.39 is 42.6 Å². The highest BCUT2D eigenvalue weighted by molar-refractivity contribution is 9.10. The van der Waals surface area contributed by atoms with Crippen LogP contribution < -0.4 is 0 Å². The van der Waals surface area contributed by atoms with Crippen molar-refractivity contribution in [2.24, 2.45) is 0 Å². The van der Waals surface area contributed by atoms with Gasteiger partial charge in [0.2, 0.25) is 0 Å². The fourth-order valence-corrected chi connectivity index (χ4v) is 3.28. The van der Waals surface area contributed by atoms with E-state index in [1.165, 1.54) is 0 Å². The Morgan fingerprint density at radius 1 is 1.23 bits per heavy atom. The molecular formula is C15H19BrO6. The van der Waals surface area contributed by atoms with Crippen molar-refractivity contribution in [3.8, 4) is 0 Å². The molecule has 2 saturated heterocycles. The second-order valence-electron chi connectivity index (χ2n) is 6.05. The van der Waals surface area contributed by atoms with Crippen LogP contribution in [-0.2, 0) is 14.2 Å². The van der Waals surface area contributed by atoms with Crippen molar-refractivity contribution < 1.29 is 29.5 Å². The predicted molar refractivity (Wildman–Crippen MR) is 79.8 cm³/mol. The molecule has 22 heavy (non-hydrogen) atoms. The maximum absolute atomic E-state index is 10.4. The average Bonchev–Trinajstić information content (AvgIpc) is 2.91. The van der Waals surface area contributed by atoms with Crippen LogP contribution in [0.3, 0.4) is 0 Å². The SMILES string of the molecule is CC1(C)O[C@H]2O[C@H]([C@H](O)[C@@H](O)c3cccc(Br)c3)[C@H](O)[C@H]2O1. The lowest BCUT2D eigenvalue weighted by Gasteiger charge is -2.28. The van der Waals surface area contributed by atoms with Crippen LogP contribution in [0.25, 0.3) is 0 Å². The van der Waals surface area contributed by atoms with E-state index in [4.69, 9.17) is 14.2 Å². The van der Waals surface area contributed by atoms with Gasteiger partial charge in [0.1, 0.15) is 30.5 Å². The predicted octanol–water partition coefficient (Wildman–Crippen LogP) is 1.08. The molecule has 0 saturated carbocycles. The third-order valence-corrected chi connectivity index (χ3v) is 4.40. The van der Waals surface area contributed by atoms with E-state index in [2.05, 4.69) is 15.9 Å². The first-order valence-corrected chi connectivity index (χ1v) is 7.88. The minimum Gasteiger partial charge on any atom is -0.387 e. The Morgan fingerprint density at radius 2 is 1.95 bits per heavy atom. The zero-order valence-corrected chi connectivity index (χ0v) is 13.8. The van der Waals surface area contributed by atoms with Gasteiger partial charge in [0.15, 0.2) is 12.1 Å². The molecule has 3 N–H and O–H groups in total. The normalized spacial score (nSPS) is 36.1. The smallest absolute Gasteiger partial charge is 0.190 e. The molecule has 2 heterocycles. The van der Waals surface area contributed by atoms with Crippen LogP contribution in [0, 0.1) is 0 Å². The first-order chi connectivity index (χ1) is 10.3. The fraction of sp³-hybridized carbons (Fsp3) is 0.600. The number of aliphatic hydroxyl groups is 3. The number of ether oxygens (including phenoxy) is 3. The summed E-state index contributed by atoms with van der Waals surface area (Å²) in [6.07, 6.45) is -5.98. The summed E-state index contributed by atoms with van der Waals surface area (Å²) in [6.45, 7) is 3.45. The quantitative estimate of drug-likeness (QED) is 0.733. The van der Waals surface area contributed by atoms with Gasteiger partial charge in [-0.05, 0) is 31.5 Å². The highest BCUT2D eigenvalue weighted by atomic mass is 79.9. The van der Waals surface area contributed by atoms with Crippen molar-refractivity contribution in [2.45, 2.75) is 56.4 Å². The van der Waals surface area contributed by atoms with E-state index in [0.29, 0.717) is 5.56 Å². The molecule has 0 unspecified atom stereocenters. The van der Waals surface area contributed by atoms with Crippen LogP contribution >= 0.6 is 15.9 Å². The summed E-state index contributed by atoms with van der Waals surface area (Å²) in [5.74, 6) is -0.838. The minimum atomic E-state index is -1.30. The van der Waals surface area contributed by atoms with Crippen molar-refractivity contribution in [1.82, 2.24) is 0 Å². The van der Waals surface area contributed by atoms with Gasteiger partial charge in [0.05, 0.1) is 0 Å². The number of fused-ring (bicyclic) bond motifs is 1. The monoisotopic (exact) mass is 374 g/mol. The van der Waals surface area contributed by atoms with Crippen LogP contribution in [0.2, 0.25) is 0 Å². The van der Waals surface area contributed by atoms with Crippen LogP contribution in [-0.4, -0.2) is 51.8 Å². The molecule has 2 aliphatic rings. The van der Waals surface area contributed by atoms with Gasteiger partial charge in [-0.2, -0.15) is 0 Å². The highest BCUT2D eigenvalue weighted by Gasteiger charge is 2.56. The molecule has 1 aromatic carbocycles. The molecule has 6 nitrogen and oxygen atoms in total. The van der Waals surface area contributed by atoms with Crippen molar-refractivity contribution in [1.29, 1.82) is 0 Å². The second kappa shape index (κ2) is 5.83. The Labute approximate surface area is 136 Å². The van der Waals surface area contributed by atoms with Crippen molar-refractivity contribution in [3.63, 3.8) is 0 Å². The van der Waals surface area contributed by atoms with Gasteiger partial charge < -0.3 is 29.5 Å². The van der Waals surface area contributed by atoms with Gasteiger partial charge in [-0.15, -0.1) is 0 Å². The molecule has 0 bridgehead atoms. The van der Waals surface area contributed by atoms with Gasteiger partial charge >= 0.3 is 0 Å². The van der Waals surface area contributed by atoms with Crippen LogP contribution in [0.4, 0.5) is 0 Å². The molecule has 0 aromatic heterocycles. The minimum absolute atomic E-state index is 0.525. The number of aliphatic hydroxyl groups excluding tert-OH is 3. The van der Waals surface area contributed by atoms with E-state index in [9.17, 15) is 15.3 Å². The van der Waals surface area contributed by atoms with Crippen molar-refractivity contribution in [2.75, 3.05) is 0 Å². The van der Waals surface area contributed by atoms with E-state index in [1.54, 1.807) is 32.0 Å². The molecule has 0 amide bonds.